The van der Waals surface area contributed by atoms with Crippen LogP contribution in [-0.2, 0) is 4.79 Å². The fraction of sp³-hybridized carbons (Fsp3) is 0.400. The van der Waals surface area contributed by atoms with Crippen molar-refractivity contribution in [3.8, 4) is 5.75 Å². The molecule has 0 saturated heterocycles. The van der Waals surface area contributed by atoms with Crippen LogP contribution in [0.25, 0.3) is 0 Å². The molecule has 3 N–H and O–H groups in total. The average Bonchev–Trinajstić information content (AvgIpc) is 2.27. The number of hydrogen-bond acceptors (Lipinski definition) is 4. The maximum atomic E-state index is 11.3. The summed E-state index contributed by atoms with van der Waals surface area (Å²) >= 11 is 0. The van der Waals surface area contributed by atoms with Crippen LogP contribution in [0.4, 0.5) is 0 Å². The van der Waals surface area contributed by atoms with Crippen LogP contribution >= 0.6 is 0 Å². The zero-order valence-corrected chi connectivity index (χ0v) is 8.86. The zero-order chi connectivity index (χ0) is 11.3. The van der Waals surface area contributed by atoms with Gasteiger partial charge in [0.25, 0.3) is 5.91 Å². The molecule has 1 heterocycles. The number of amides is 1. The number of hydrazine groups is 1. The van der Waals surface area contributed by atoms with Crippen LogP contribution < -0.4 is 16.0 Å². The second-order valence-corrected chi connectivity index (χ2v) is 3.11. The molecular formula is C10H15N3O2. The summed E-state index contributed by atoms with van der Waals surface area (Å²) in [5.41, 5.74) is 2.82. The molecule has 1 rings (SSSR count). The summed E-state index contributed by atoms with van der Waals surface area (Å²) < 4.78 is 5.49. The van der Waals surface area contributed by atoms with Gasteiger partial charge in [-0.3, -0.25) is 15.2 Å². The van der Waals surface area contributed by atoms with E-state index in [1.165, 1.54) is 0 Å². The Morgan fingerprint density at radius 2 is 2.47 bits per heavy atom. The number of pyridine rings is 1. The highest BCUT2D eigenvalue weighted by molar-refractivity contribution is 5.80. The van der Waals surface area contributed by atoms with E-state index in [0.717, 1.165) is 5.69 Å². The summed E-state index contributed by atoms with van der Waals surface area (Å²) in [4.78, 5) is 15.3. The van der Waals surface area contributed by atoms with Crippen LogP contribution in [0.15, 0.2) is 18.3 Å². The van der Waals surface area contributed by atoms with Crippen molar-refractivity contribution in [2.45, 2.75) is 26.4 Å². The van der Waals surface area contributed by atoms with Crippen LogP contribution in [-0.4, -0.2) is 17.0 Å². The third-order valence-corrected chi connectivity index (χ3v) is 2.03. The number of carbonyl (C=O) groups is 1. The highest BCUT2D eigenvalue weighted by atomic mass is 16.5. The zero-order valence-electron chi connectivity index (χ0n) is 8.86. The molecule has 1 aromatic heterocycles. The highest BCUT2D eigenvalue weighted by Gasteiger charge is 2.17. The number of nitrogens with two attached hydrogens (primary N) is 1. The maximum absolute atomic E-state index is 11.3. The van der Waals surface area contributed by atoms with E-state index in [4.69, 9.17) is 10.6 Å². The molecule has 1 atom stereocenters. The Balaban J connectivity index is 2.75. The van der Waals surface area contributed by atoms with Crippen molar-refractivity contribution in [3.05, 3.63) is 24.0 Å². The van der Waals surface area contributed by atoms with Gasteiger partial charge in [0.05, 0.1) is 5.69 Å². The van der Waals surface area contributed by atoms with Crippen LogP contribution in [0.1, 0.15) is 19.0 Å². The van der Waals surface area contributed by atoms with Gasteiger partial charge >= 0.3 is 0 Å². The molecule has 0 aromatic carbocycles. The van der Waals surface area contributed by atoms with Crippen molar-refractivity contribution in [2.75, 3.05) is 0 Å². The predicted octanol–water partition coefficient (Wildman–Crippen LogP) is 0.537. The van der Waals surface area contributed by atoms with E-state index in [0.29, 0.717) is 12.2 Å². The normalized spacial score (nSPS) is 11.9. The van der Waals surface area contributed by atoms with Crippen LogP contribution in [0, 0.1) is 6.92 Å². The summed E-state index contributed by atoms with van der Waals surface area (Å²) in [7, 11) is 0. The minimum Gasteiger partial charge on any atom is -0.479 e. The van der Waals surface area contributed by atoms with Crippen LogP contribution in [0.5, 0.6) is 5.75 Å². The van der Waals surface area contributed by atoms with Gasteiger partial charge in [0.1, 0.15) is 5.75 Å². The number of rotatable bonds is 4. The highest BCUT2D eigenvalue weighted by Crippen LogP contribution is 2.16. The summed E-state index contributed by atoms with van der Waals surface area (Å²) in [5, 5.41) is 0. The molecule has 1 aromatic rings. The lowest BCUT2D eigenvalue weighted by Gasteiger charge is -2.16. The molecule has 0 radical (unpaired) electrons. The topological polar surface area (TPSA) is 77.2 Å². The van der Waals surface area contributed by atoms with Gasteiger partial charge in [-0.15, -0.1) is 0 Å². The van der Waals surface area contributed by atoms with E-state index in [-0.39, 0.29) is 5.91 Å². The molecule has 5 heteroatoms. The summed E-state index contributed by atoms with van der Waals surface area (Å²) in [6.45, 7) is 3.67. The summed E-state index contributed by atoms with van der Waals surface area (Å²) in [5.74, 6) is 5.32. The fourth-order valence-electron chi connectivity index (χ4n) is 1.16. The first-order valence-electron chi connectivity index (χ1n) is 4.77. The van der Waals surface area contributed by atoms with Crippen molar-refractivity contribution in [2.24, 2.45) is 5.84 Å². The Morgan fingerprint density at radius 3 is 3.00 bits per heavy atom. The molecule has 15 heavy (non-hydrogen) atoms. The quantitative estimate of drug-likeness (QED) is 0.431. The first-order chi connectivity index (χ1) is 7.19. The minimum atomic E-state index is -0.571. The molecule has 82 valence electrons. The Labute approximate surface area is 88.6 Å². The molecule has 1 amide bonds. The Morgan fingerprint density at radius 1 is 1.73 bits per heavy atom. The summed E-state index contributed by atoms with van der Waals surface area (Å²) in [6.07, 6.45) is 1.65. The van der Waals surface area contributed by atoms with Gasteiger partial charge in [-0.2, -0.15) is 0 Å². The van der Waals surface area contributed by atoms with E-state index in [9.17, 15) is 4.79 Å². The monoisotopic (exact) mass is 209 g/mol. The van der Waals surface area contributed by atoms with Crippen molar-refractivity contribution >= 4 is 5.91 Å². The van der Waals surface area contributed by atoms with Crippen molar-refractivity contribution in [1.82, 2.24) is 10.4 Å². The van der Waals surface area contributed by atoms with Gasteiger partial charge in [-0.25, -0.2) is 5.84 Å². The van der Waals surface area contributed by atoms with Gasteiger partial charge in [0.15, 0.2) is 6.10 Å². The smallest absolute Gasteiger partial charge is 0.274 e. The lowest BCUT2D eigenvalue weighted by molar-refractivity contribution is -0.128. The number of carbonyl (C=O) groups excluding carboxylic acids is 1. The van der Waals surface area contributed by atoms with E-state index < -0.39 is 6.10 Å². The standard InChI is InChI=1S/C10H15N3O2/c1-3-8(10(14)13-11)15-9-5-4-6-12-7(9)2/h4-6,8H,3,11H2,1-2H3,(H,13,14). The average molecular weight is 209 g/mol. The lowest BCUT2D eigenvalue weighted by atomic mass is 10.2. The molecule has 0 fully saturated rings. The van der Waals surface area contributed by atoms with E-state index in [1.807, 2.05) is 13.8 Å². The largest absolute Gasteiger partial charge is 0.479 e. The number of nitrogens with zero attached hydrogens (tertiary/aromatic N) is 1. The molecule has 0 bridgehead atoms. The van der Waals surface area contributed by atoms with Gasteiger partial charge in [0.2, 0.25) is 0 Å². The van der Waals surface area contributed by atoms with E-state index in [2.05, 4.69) is 10.4 Å². The maximum Gasteiger partial charge on any atom is 0.274 e. The van der Waals surface area contributed by atoms with Crippen molar-refractivity contribution in [3.63, 3.8) is 0 Å². The number of hydrogen-bond donors (Lipinski definition) is 2. The Hall–Kier alpha value is -1.62. The predicted molar refractivity (Wildman–Crippen MR) is 56.0 cm³/mol. The molecule has 0 aliphatic rings. The molecule has 5 nitrogen and oxygen atoms in total. The Kier molecular flexibility index (Phi) is 4.05. The minimum absolute atomic E-state index is 0.333. The molecule has 0 saturated carbocycles. The summed E-state index contributed by atoms with van der Waals surface area (Å²) in [6, 6.07) is 3.53. The number of ether oxygens (including phenoxy) is 1. The van der Waals surface area contributed by atoms with Gasteiger partial charge in [0, 0.05) is 6.20 Å². The Bertz CT molecular complexity index is 341. The number of aromatic nitrogens is 1. The number of nitrogens with one attached hydrogen (secondary N) is 1. The third-order valence-electron chi connectivity index (χ3n) is 2.03. The van der Waals surface area contributed by atoms with E-state index >= 15 is 0 Å². The second-order valence-electron chi connectivity index (χ2n) is 3.11. The fourth-order valence-corrected chi connectivity index (χ4v) is 1.16. The first kappa shape index (κ1) is 11.5. The van der Waals surface area contributed by atoms with Crippen molar-refractivity contribution in [1.29, 1.82) is 0 Å². The molecule has 1 unspecified atom stereocenters. The van der Waals surface area contributed by atoms with Crippen molar-refractivity contribution < 1.29 is 9.53 Å². The lowest BCUT2D eigenvalue weighted by Crippen LogP contribution is -2.41. The molecule has 0 aliphatic carbocycles. The molecular weight excluding hydrogens is 194 g/mol. The number of aryl methyl sites for hydroxylation is 1. The molecule has 0 aliphatic heterocycles. The van der Waals surface area contributed by atoms with Crippen LogP contribution in [0.3, 0.4) is 0 Å². The van der Waals surface area contributed by atoms with Gasteiger partial charge < -0.3 is 4.74 Å². The molecule has 0 spiro atoms. The second kappa shape index (κ2) is 5.31. The van der Waals surface area contributed by atoms with Gasteiger partial charge in [-0.05, 0) is 25.5 Å². The third kappa shape index (κ3) is 2.92. The van der Waals surface area contributed by atoms with Crippen LogP contribution in [0.2, 0.25) is 0 Å². The SMILES string of the molecule is CCC(Oc1cccnc1C)C(=O)NN. The van der Waals surface area contributed by atoms with Gasteiger partial charge in [-0.1, -0.05) is 6.92 Å². The first-order valence-corrected chi connectivity index (χ1v) is 4.77. The van der Waals surface area contributed by atoms with E-state index in [1.54, 1.807) is 18.3 Å².